The Labute approximate surface area is 333 Å². The molecular formula is C54H33NO3. The first kappa shape index (κ1) is 32.4. The second kappa shape index (κ2) is 12.9. The summed E-state index contributed by atoms with van der Waals surface area (Å²) in [6.07, 6.45) is 0. The van der Waals surface area contributed by atoms with Crippen molar-refractivity contribution in [3.63, 3.8) is 0 Å². The first-order valence-corrected chi connectivity index (χ1v) is 19.6. The fourth-order valence-corrected chi connectivity index (χ4v) is 8.79. The Morgan fingerprint density at radius 3 is 1.38 bits per heavy atom. The minimum atomic E-state index is 0.739. The number of benzene rings is 9. The summed E-state index contributed by atoms with van der Waals surface area (Å²) in [6, 6.07) is 70.3. The standard InChI is InChI=1S/C54H33NO3/c1-4-14-34(15-5-1)37-24-26-40(27-25-37)55(41-31-38(35-16-6-2-7-17-35)30-39(32-41)36-18-8-3-9-19-36)44-33-49-53(54-50(44)42-20-10-13-23-46(42)58-54)52-48(57-49)29-28-47-51(52)43-21-11-12-22-45(43)56-47/h1-33H. The summed E-state index contributed by atoms with van der Waals surface area (Å²) in [6.45, 7) is 0. The second-order valence-electron chi connectivity index (χ2n) is 14.8. The van der Waals surface area contributed by atoms with Gasteiger partial charge in [-0.3, -0.25) is 0 Å². The number of hydrogen-bond donors (Lipinski definition) is 0. The lowest BCUT2D eigenvalue weighted by Gasteiger charge is -2.28. The van der Waals surface area contributed by atoms with Gasteiger partial charge in [0.15, 0.2) is 0 Å². The topological polar surface area (TPSA) is 42.7 Å². The molecule has 0 aliphatic carbocycles. The molecule has 0 aliphatic rings. The maximum atomic E-state index is 6.98. The number of para-hydroxylation sites is 2. The van der Waals surface area contributed by atoms with Crippen LogP contribution in [0.1, 0.15) is 0 Å². The monoisotopic (exact) mass is 743 g/mol. The molecule has 3 heterocycles. The number of anilines is 3. The van der Waals surface area contributed by atoms with Gasteiger partial charge in [-0.15, -0.1) is 0 Å². The van der Waals surface area contributed by atoms with Crippen molar-refractivity contribution in [2.24, 2.45) is 0 Å². The summed E-state index contributed by atoms with van der Waals surface area (Å²) >= 11 is 0. The average molecular weight is 744 g/mol. The van der Waals surface area contributed by atoms with Crippen molar-refractivity contribution in [2.45, 2.75) is 0 Å². The van der Waals surface area contributed by atoms with Gasteiger partial charge >= 0.3 is 0 Å². The minimum absolute atomic E-state index is 0.739. The van der Waals surface area contributed by atoms with E-state index in [2.05, 4.69) is 175 Å². The predicted molar refractivity (Wildman–Crippen MR) is 239 cm³/mol. The number of furan rings is 3. The summed E-state index contributed by atoms with van der Waals surface area (Å²) in [7, 11) is 0. The van der Waals surface area contributed by atoms with Gasteiger partial charge in [0.05, 0.1) is 16.5 Å². The third-order valence-electron chi connectivity index (χ3n) is 11.4. The lowest BCUT2D eigenvalue weighted by atomic mass is 9.96. The van der Waals surface area contributed by atoms with Crippen molar-refractivity contribution in [1.82, 2.24) is 0 Å². The lowest BCUT2D eigenvalue weighted by Crippen LogP contribution is -2.11. The first-order chi connectivity index (χ1) is 28.7. The van der Waals surface area contributed by atoms with Crippen molar-refractivity contribution in [3.05, 3.63) is 200 Å². The molecule has 0 unspecified atom stereocenters. The van der Waals surface area contributed by atoms with Crippen LogP contribution >= 0.6 is 0 Å². The van der Waals surface area contributed by atoms with Crippen LogP contribution in [0.4, 0.5) is 17.1 Å². The summed E-state index contributed by atoms with van der Waals surface area (Å²) in [5.41, 5.74) is 14.6. The summed E-state index contributed by atoms with van der Waals surface area (Å²) < 4.78 is 20.2. The molecule has 0 aliphatic heterocycles. The maximum Gasteiger partial charge on any atom is 0.149 e. The van der Waals surface area contributed by atoms with Gasteiger partial charge in [0, 0.05) is 39.0 Å². The fraction of sp³-hybridized carbons (Fsp3) is 0. The van der Waals surface area contributed by atoms with E-state index in [-0.39, 0.29) is 0 Å². The molecule has 12 rings (SSSR count). The van der Waals surface area contributed by atoms with E-state index in [4.69, 9.17) is 13.3 Å². The highest BCUT2D eigenvalue weighted by Crippen LogP contribution is 2.51. The van der Waals surface area contributed by atoms with E-state index in [1.54, 1.807) is 0 Å². The molecule has 12 aromatic rings. The third kappa shape index (κ3) is 5.09. The van der Waals surface area contributed by atoms with E-state index < -0.39 is 0 Å². The first-order valence-electron chi connectivity index (χ1n) is 19.6. The summed E-state index contributed by atoms with van der Waals surface area (Å²) in [4.78, 5) is 2.37. The van der Waals surface area contributed by atoms with Crippen LogP contribution in [0, 0.1) is 0 Å². The van der Waals surface area contributed by atoms with Crippen molar-refractivity contribution in [2.75, 3.05) is 4.90 Å². The van der Waals surface area contributed by atoms with Crippen molar-refractivity contribution >= 4 is 82.9 Å². The predicted octanol–water partition coefficient (Wildman–Crippen LogP) is 15.9. The van der Waals surface area contributed by atoms with E-state index in [1.807, 2.05) is 30.3 Å². The lowest BCUT2D eigenvalue weighted by molar-refractivity contribution is 0.660. The molecule has 4 heteroatoms. The Morgan fingerprint density at radius 2 is 0.759 bits per heavy atom. The van der Waals surface area contributed by atoms with E-state index >= 15 is 0 Å². The third-order valence-corrected chi connectivity index (χ3v) is 11.4. The summed E-state index contributed by atoms with van der Waals surface area (Å²) in [5, 5.41) is 6.03. The molecule has 0 N–H and O–H groups in total. The van der Waals surface area contributed by atoms with Crippen LogP contribution in [-0.2, 0) is 0 Å². The van der Waals surface area contributed by atoms with Crippen LogP contribution in [0.2, 0.25) is 0 Å². The molecule has 9 aromatic carbocycles. The van der Waals surface area contributed by atoms with E-state index in [0.717, 1.165) is 111 Å². The van der Waals surface area contributed by atoms with Crippen LogP contribution in [0.15, 0.2) is 213 Å². The normalized spacial score (nSPS) is 11.8. The van der Waals surface area contributed by atoms with Gasteiger partial charge in [0.1, 0.15) is 33.5 Å². The van der Waals surface area contributed by atoms with Gasteiger partial charge in [-0.25, -0.2) is 0 Å². The Bertz CT molecular complexity index is 3430. The van der Waals surface area contributed by atoms with Gasteiger partial charge in [0.2, 0.25) is 0 Å². The zero-order chi connectivity index (χ0) is 38.2. The van der Waals surface area contributed by atoms with Gasteiger partial charge < -0.3 is 18.2 Å². The van der Waals surface area contributed by atoms with Crippen molar-refractivity contribution in [3.8, 4) is 33.4 Å². The van der Waals surface area contributed by atoms with Crippen LogP contribution in [0.25, 0.3) is 99.2 Å². The van der Waals surface area contributed by atoms with E-state index in [1.165, 1.54) is 5.56 Å². The van der Waals surface area contributed by atoms with Gasteiger partial charge in [-0.2, -0.15) is 0 Å². The number of fused-ring (bicyclic) bond motifs is 11. The zero-order valence-electron chi connectivity index (χ0n) is 31.2. The molecule has 0 saturated heterocycles. The molecule has 3 aromatic heterocycles. The van der Waals surface area contributed by atoms with Gasteiger partial charge in [-0.1, -0.05) is 140 Å². The van der Waals surface area contributed by atoms with E-state index in [0.29, 0.717) is 0 Å². The molecule has 0 saturated carbocycles. The molecule has 0 amide bonds. The summed E-state index contributed by atoms with van der Waals surface area (Å²) in [5.74, 6) is 0. The molecule has 58 heavy (non-hydrogen) atoms. The zero-order valence-corrected chi connectivity index (χ0v) is 31.2. The molecule has 272 valence electrons. The maximum absolute atomic E-state index is 6.98. The molecule has 4 nitrogen and oxygen atoms in total. The minimum Gasteiger partial charge on any atom is -0.456 e. The average Bonchev–Trinajstić information content (AvgIpc) is 3.99. The van der Waals surface area contributed by atoms with Crippen LogP contribution in [0.3, 0.4) is 0 Å². The highest BCUT2D eigenvalue weighted by Gasteiger charge is 2.27. The molecular weight excluding hydrogens is 711 g/mol. The molecule has 0 atom stereocenters. The van der Waals surface area contributed by atoms with Gasteiger partial charge in [0.25, 0.3) is 0 Å². The Hall–Kier alpha value is -7.82. The van der Waals surface area contributed by atoms with Crippen molar-refractivity contribution < 1.29 is 13.3 Å². The highest BCUT2D eigenvalue weighted by molar-refractivity contribution is 6.33. The molecule has 0 spiro atoms. The Morgan fingerprint density at radius 1 is 0.276 bits per heavy atom. The largest absolute Gasteiger partial charge is 0.456 e. The fourth-order valence-electron chi connectivity index (χ4n) is 8.79. The number of nitrogens with zero attached hydrogens (tertiary/aromatic N) is 1. The SMILES string of the molecule is c1ccc(-c2ccc(N(c3cc(-c4ccccc4)cc(-c4ccccc4)c3)c3cc4oc5ccc6oc7ccccc7c6c5c4c4oc5ccccc5c34)cc2)cc1. The number of hydrogen-bond acceptors (Lipinski definition) is 4. The van der Waals surface area contributed by atoms with Crippen molar-refractivity contribution in [1.29, 1.82) is 0 Å². The highest BCUT2D eigenvalue weighted by atomic mass is 16.3. The number of rotatable bonds is 6. The molecule has 0 radical (unpaired) electrons. The van der Waals surface area contributed by atoms with E-state index in [9.17, 15) is 0 Å². The molecule has 0 fully saturated rings. The van der Waals surface area contributed by atoms with Crippen LogP contribution in [0.5, 0.6) is 0 Å². The second-order valence-corrected chi connectivity index (χ2v) is 14.8. The van der Waals surface area contributed by atoms with Crippen LogP contribution in [-0.4, -0.2) is 0 Å². The molecule has 0 bridgehead atoms. The van der Waals surface area contributed by atoms with Crippen LogP contribution < -0.4 is 4.90 Å². The van der Waals surface area contributed by atoms with Gasteiger partial charge in [-0.05, 0) is 88.0 Å². The Balaban J connectivity index is 1.20. The Kier molecular flexibility index (Phi) is 7.20. The smallest absolute Gasteiger partial charge is 0.149 e. The quantitative estimate of drug-likeness (QED) is 0.170.